The molecule has 3 N–H and O–H groups in total. The minimum Gasteiger partial charge on any atom is -0.395 e. The molecule has 0 amide bonds. The smallest absolute Gasteiger partial charge is 0.166 e. The molecular weight excluding hydrogens is 288 g/mol. The fraction of sp³-hybridized carbons (Fsp3) is 0.267. The molecule has 0 bridgehead atoms. The summed E-state index contributed by atoms with van der Waals surface area (Å²) in [7, 11) is 0. The van der Waals surface area contributed by atoms with Gasteiger partial charge in [-0.15, -0.1) is 11.3 Å². The Bertz CT molecular complexity index is 514. The van der Waals surface area contributed by atoms with Gasteiger partial charge in [0, 0.05) is 17.8 Å². The fourth-order valence-electron chi connectivity index (χ4n) is 1.95. The van der Waals surface area contributed by atoms with Crippen molar-refractivity contribution in [3.63, 3.8) is 0 Å². The van der Waals surface area contributed by atoms with Crippen LogP contribution in [0.25, 0.3) is 0 Å². The van der Waals surface area contributed by atoms with E-state index in [-0.39, 0.29) is 12.6 Å². The van der Waals surface area contributed by atoms with Crippen molar-refractivity contribution in [1.29, 1.82) is 0 Å². The molecule has 1 heterocycles. The van der Waals surface area contributed by atoms with E-state index in [1.807, 2.05) is 18.2 Å². The standard InChI is InChI=1S/C15H18N2OS2/c18-9-8-16-15(19)17-14(11-13-7-4-10-20-13)12-5-2-1-3-6-12/h1-7,10,14,18H,8-9,11H2,(H2,16,17,19). The number of hydrogen-bond acceptors (Lipinski definition) is 3. The third-order valence-corrected chi connectivity index (χ3v) is 4.05. The third kappa shape index (κ3) is 4.59. The monoisotopic (exact) mass is 306 g/mol. The van der Waals surface area contributed by atoms with Crippen LogP contribution in [0.5, 0.6) is 0 Å². The lowest BCUT2D eigenvalue weighted by atomic mass is 10.0. The SMILES string of the molecule is OCCNC(=S)NC(Cc1cccs1)c1ccccc1. The van der Waals surface area contributed by atoms with Crippen LogP contribution in [0.2, 0.25) is 0 Å². The summed E-state index contributed by atoms with van der Waals surface area (Å²) in [4.78, 5) is 1.32. The van der Waals surface area contributed by atoms with Crippen molar-refractivity contribution >= 4 is 28.7 Å². The molecule has 3 nitrogen and oxygen atoms in total. The molecule has 1 atom stereocenters. The van der Waals surface area contributed by atoms with Crippen molar-refractivity contribution in [3.8, 4) is 0 Å². The zero-order valence-electron chi connectivity index (χ0n) is 11.1. The number of benzene rings is 1. The van der Waals surface area contributed by atoms with E-state index in [0.29, 0.717) is 11.7 Å². The summed E-state index contributed by atoms with van der Waals surface area (Å²) < 4.78 is 0. The Morgan fingerprint density at radius 1 is 1.20 bits per heavy atom. The predicted molar refractivity (Wildman–Crippen MR) is 88.0 cm³/mol. The summed E-state index contributed by atoms with van der Waals surface area (Å²) >= 11 is 7.01. The summed E-state index contributed by atoms with van der Waals surface area (Å²) in [5.74, 6) is 0. The zero-order chi connectivity index (χ0) is 14.2. The van der Waals surface area contributed by atoms with Crippen molar-refractivity contribution in [3.05, 3.63) is 58.3 Å². The summed E-state index contributed by atoms with van der Waals surface area (Å²) in [5.41, 5.74) is 1.20. The van der Waals surface area contributed by atoms with E-state index >= 15 is 0 Å². The maximum absolute atomic E-state index is 8.83. The van der Waals surface area contributed by atoms with Gasteiger partial charge in [-0.25, -0.2) is 0 Å². The highest BCUT2D eigenvalue weighted by Crippen LogP contribution is 2.21. The second-order valence-corrected chi connectivity index (χ2v) is 5.81. The van der Waals surface area contributed by atoms with E-state index in [2.05, 4.69) is 40.3 Å². The van der Waals surface area contributed by atoms with Crippen LogP contribution in [0, 0.1) is 0 Å². The third-order valence-electron chi connectivity index (χ3n) is 2.89. The van der Waals surface area contributed by atoms with Crippen LogP contribution in [0.15, 0.2) is 47.8 Å². The Kier molecular flexibility index (Phi) is 5.98. The van der Waals surface area contributed by atoms with Crippen LogP contribution in [0.4, 0.5) is 0 Å². The van der Waals surface area contributed by atoms with Crippen molar-refractivity contribution in [2.45, 2.75) is 12.5 Å². The van der Waals surface area contributed by atoms with E-state index in [0.717, 1.165) is 6.42 Å². The van der Waals surface area contributed by atoms with E-state index < -0.39 is 0 Å². The molecule has 1 aromatic carbocycles. The first-order valence-corrected chi connectivity index (χ1v) is 7.81. The summed E-state index contributed by atoms with van der Waals surface area (Å²) in [6.45, 7) is 0.537. The molecule has 20 heavy (non-hydrogen) atoms. The highest BCUT2D eigenvalue weighted by Gasteiger charge is 2.13. The number of aliphatic hydroxyl groups is 1. The Morgan fingerprint density at radius 3 is 2.65 bits per heavy atom. The predicted octanol–water partition coefficient (Wildman–Crippen LogP) is 2.49. The summed E-state index contributed by atoms with van der Waals surface area (Å²) in [6.07, 6.45) is 0.891. The van der Waals surface area contributed by atoms with Crippen molar-refractivity contribution < 1.29 is 5.11 Å². The molecule has 0 aliphatic carbocycles. The molecule has 1 aromatic heterocycles. The first kappa shape index (κ1) is 15.0. The fourth-order valence-corrected chi connectivity index (χ4v) is 2.94. The van der Waals surface area contributed by atoms with Crippen LogP contribution >= 0.6 is 23.6 Å². The minimum atomic E-state index is 0.0722. The number of rotatable bonds is 6. The molecular formula is C15H18N2OS2. The maximum Gasteiger partial charge on any atom is 0.166 e. The number of nitrogens with one attached hydrogen (secondary N) is 2. The topological polar surface area (TPSA) is 44.3 Å². The largest absolute Gasteiger partial charge is 0.395 e. The van der Waals surface area contributed by atoms with E-state index in [1.165, 1.54) is 10.4 Å². The average molecular weight is 306 g/mol. The lowest BCUT2D eigenvalue weighted by Gasteiger charge is -2.21. The second-order valence-electron chi connectivity index (χ2n) is 4.37. The molecule has 0 fully saturated rings. The molecule has 0 radical (unpaired) electrons. The normalized spacial score (nSPS) is 11.8. The van der Waals surface area contributed by atoms with Gasteiger partial charge < -0.3 is 15.7 Å². The molecule has 0 saturated carbocycles. The van der Waals surface area contributed by atoms with E-state index in [1.54, 1.807) is 11.3 Å². The van der Waals surface area contributed by atoms with Gasteiger partial charge in [-0.3, -0.25) is 0 Å². The van der Waals surface area contributed by atoms with Crippen LogP contribution in [0.3, 0.4) is 0 Å². The zero-order valence-corrected chi connectivity index (χ0v) is 12.7. The van der Waals surface area contributed by atoms with Gasteiger partial charge in [0.2, 0.25) is 0 Å². The van der Waals surface area contributed by atoms with E-state index in [9.17, 15) is 0 Å². The maximum atomic E-state index is 8.83. The Hall–Kier alpha value is -1.43. The van der Waals surface area contributed by atoms with Gasteiger partial charge in [0.15, 0.2) is 5.11 Å². The molecule has 106 valence electrons. The number of hydrogen-bond donors (Lipinski definition) is 3. The molecule has 5 heteroatoms. The first-order chi connectivity index (χ1) is 9.79. The van der Waals surface area contributed by atoms with Crippen LogP contribution in [-0.2, 0) is 6.42 Å². The number of thiophene rings is 1. The van der Waals surface area contributed by atoms with Gasteiger partial charge in [-0.05, 0) is 29.2 Å². The molecule has 2 aromatic rings. The van der Waals surface area contributed by atoms with Crippen molar-refractivity contribution in [2.24, 2.45) is 0 Å². The minimum absolute atomic E-state index is 0.0722. The first-order valence-electron chi connectivity index (χ1n) is 6.52. The van der Waals surface area contributed by atoms with Gasteiger partial charge in [0.1, 0.15) is 0 Å². The van der Waals surface area contributed by atoms with E-state index in [4.69, 9.17) is 17.3 Å². The number of thiocarbonyl (C=S) groups is 1. The summed E-state index contributed by atoms with van der Waals surface area (Å²) in [5, 5.41) is 17.8. The van der Waals surface area contributed by atoms with Crippen molar-refractivity contribution in [2.75, 3.05) is 13.2 Å². The van der Waals surface area contributed by atoms with Gasteiger partial charge >= 0.3 is 0 Å². The molecule has 2 rings (SSSR count). The number of aliphatic hydroxyl groups excluding tert-OH is 1. The van der Waals surface area contributed by atoms with Crippen molar-refractivity contribution in [1.82, 2.24) is 10.6 Å². The van der Waals surface area contributed by atoms with Crippen LogP contribution in [-0.4, -0.2) is 23.4 Å². The lowest BCUT2D eigenvalue weighted by Crippen LogP contribution is -2.39. The van der Waals surface area contributed by atoms with Crippen LogP contribution in [0.1, 0.15) is 16.5 Å². The lowest BCUT2D eigenvalue weighted by molar-refractivity contribution is 0.300. The second kappa shape index (κ2) is 7.99. The molecule has 0 spiro atoms. The molecule has 0 aliphatic rings. The quantitative estimate of drug-likeness (QED) is 0.718. The van der Waals surface area contributed by atoms with Gasteiger partial charge in [-0.1, -0.05) is 36.4 Å². The molecule has 1 unspecified atom stereocenters. The Balaban J connectivity index is 2.06. The summed E-state index contributed by atoms with van der Waals surface area (Å²) in [6, 6.07) is 14.6. The Labute approximate surface area is 128 Å². The van der Waals surface area contributed by atoms with Crippen LogP contribution < -0.4 is 10.6 Å². The highest BCUT2D eigenvalue weighted by molar-refractivity contribution is 7.80. The molecule has 0 aliphatic heterocycles. The average Bonchev–Trinajstić information content (AvgIpc) is 2.98. The van der Waals surface area contributed by atoms with Gasteiger partial charge in [0.05, 0.1) is 12.6 Å². The van der Waals surface area contributed by atoms with Gasteiger partial charge in [-0.2, -0.15) is 0 Å². The molecule has 0 saturated heterocycles. The van der Waals surface area contributed by atoms with Gasteiger partial charge in [0.25, 0.3) is 0 Å². The highest BCUT2D eigenvalue weighted by atomic mass is 32.1. The Morgan fingerprint density at radius 2 is 2.00 bits per heavy atom.